The molecule has 0 aliphatic carbocycles. The maximum Gasteiger partial charge on any atom is 0.539 e. The lowest BCUT2D eigenvalue weighted by Gasteiger charge is -2.28. The Hall–Kier alpha value is -2.82. The predicted molar refractivity (Wildman–Crippen MR) is 82.4 cm³/mol. The summed E-state index contributed by atoms with van der Waals surface area (Å²) < 4.78 is 2.46. The van der Waals surface area contributed by atoms with Gasteiger partial charge in [0.05, 0.1) is 4.88 Å². The molecule has 11 heteroatoms. The molecule has 2 aromatic rings. The van der Waals surface area contributed by atoms with Gasteiger partial charge in [0.25, 0.3) is 0 Å². The number of thiophene rings is 1. The summed E-state index contributed by atoms with van der Waals surface area (Å²) in [5.41, 5.74) is 3.38. The van der Waals surface area contributed by atoms with Crippen molar-refractivity contribution in [1.82, 2.24) is 30.3 Å². The molecule has 0 saturated heterocycles. The summed E-state index contributed by atoms with van der Waals surface area (Å²) in [7, 11) is 6.36. The molecule has 1 aliphatic rings. The number of nitrogens with zero attached hydrogens (tertiary/aromatic N) is 7. The molecule has 0 aromatic carbocycles. The van der Waals surface area contributed by atoms with Crippen LogP contribution in [-0.2, 0) is 14.1 Å². The Bertz CT molecular complexity index is 844. The zero-order valence-electron chi connectivity index (χ0n) is 13.0. The van der Waals surface area contributed by atoms with E-state index in [9.17, 15) is 9.59 Å². The van der Waals surface area contributed by atoms with E-state index in [0.29, 0.717) is 11.7 Å². The number of nitrogens with one attached hydrogen (secondary N) is 1. The van der Waals surface area contributed by atoms with E-state index in [4.69, 9.17) is 0 Å². The molecule has 2 amide bonds. The molecule has 2 aromatic heterocycles. The summed E-state index contributed by atoms with van der Waals surface area (Å²) in [6, 6.07) is 1.60. The van der Waals surface area contributed by atoms with Crippen molar-refractivity contribution in [3.8, 4) is 11.4 Å². The van der Waals surface area contributed by atoms with E-state index in [2.05, 4.69) is 20.7 Å². The lowest BCUT2D eigenvalue weighted by molar-refractivity contribution is -0.748. The summed E-state index contributed by atoms with van der Waals surface area (Å²) in [6.45, 7) is 0. The van der Waals surface area contributed by atoms with E-state index in [1.165, 1.54) is 30.7 Å². The molecular formula is C12H15N8O2S+. The molecule has 0 spiro atoms. The van der Waals surface area contributed by atoms with Crippen LogP contribution >= 0.6 is 11.3 Å². The third-order valence-electron chi connectivity index (χ3n) is 3.22. The predicted octanol–water partition coefficient (Wildman–Crippen LogP) is -1.11. The highest BCUT2D eigenvalue weighted by Gasteiger charge is 2.24. The van der Waals surface area contributed by atoms with Crippen LogP contribution in [0, 0.1) is 0 Å². The molecule has 0 bridgehead atoms. The van der Waals surface area contributed by atoms with E-state index in [1.54, 1.807) is 28.2 Å². The summed E-state index contributed by atoms with van der Waals surface area (Å²) in [4.78, 5) is 24.1. The SMILES string of the molecule is CN1N=C(c2cc(-c3nn(C)c(=O)[n+](C)n3)cs2)NN(C)C1=O. The lowest BCUT2D eigenvalue weighted by Crippen LogP contribution is -2.54. The van der Waals surface area contributed by atoms with Gasteiger partial charge in [0.1, 0.15) is 14.1 Å². The van der Waals surface area contributed by atoms with Gasteiger partial charge in [-0.3, -0.25) is 5.43 Å². The number of hydrogen-bond acceptors (Lipinski definition) is 7. The van der Waals surface area contributed by atoms with Crippen LogP contribution in [0.4, 0.5) is 4.79 Å². The molecule has 23 heavy (non-hydrogen) atoms. The average Bonchev–Trinajstić information content (AvgIpc) is 2.99. The number of aryl methyl sites for hydroxylation is 2. The number of rotatable bonds is 2. The van der Waals surface area contributed by atoms with Crippen LogP contribution in [-0.4, -0.2) is 50.9 Å². The minimum atomic E-state index is -0.302. The largest absolute Gasteiger partial charge is 0.539 e. The van der Waals surface area contributed by atoms with Gasteiger partial charge < -0.3 is 0 Å². The van der Waals surface area contributed by atoms with E-state index >= 15 is 0 Å². The number of aromatic nitrogens is 4. The first-order valence-electron chi connectivity index (χ1n) is 6.64. The van der Waals surface area contributed by atoms with Crippen molar-refractivity contribution < 1.29 is 9.48 Å². The van der Waals surface area contributed by atoms with Gasteiger partial charge in [-0.1, -0.05) is 19.6 Å². The number of hydrazone groups is 1. The van der Waals surface area contributed by atoms with Crippen LogP contribution in [0.25, 0.3) is 11.4 Å². The molecule has 10 nitrogen and oxygen atoms in total. The van der Waals surface area contributed by atoms with Crippen molar-refractivity contribution >= 4 is 23.2 Å². The van der Waals surface area contributed by atoms with E-state index in [0.717, 1.165) is 10.4 Å². The Kier molecular flexibility index (Phi) is 3.56. The van der Waals surface area contributed by atoms with Crippen LogP contribution in [0.3, 0.4) is 0 Å². The zero-order chi connectivity index (χ0) is 16.7. The summed E-state index contributed by atoms with van der Waals surface area (Å²) >= 11 is 1.44. The molecule has 3 rings (SSSR count). The monoisotopic (exact) mass is 335 g/mol. The Balaban J connectivity index is 1.97. The van der Waals surface area contributed by atoms with Crippen molar-refractivity contribution in [2.24, 2.45) is 19.2 Å². The molecule has 0 fully saturated rings. The number of hydrogen-bond donors (Lipinski definition) is 1. The molecule has 0 saturated carbocycles. The van der Waals surface area contributed by atoms with Crippen molar-refractivity contribution in [3.63, 3.8) is 0 Å². The lowest BCUT2D eigenvalue weighted by atomic mass is 10.3. The topological polar surface area (TPSA) is 99.6 Å². The van der Waals surface area contributed by atoms with E-state index < -0.39 is 0 Å². The summed E-state index contributed by atoms with van der Waals surface area (Å²) in [5, 5.41) is 17.0. The normalized spacial score (nSPS) is 14.8. The van der Waals surface area contributed by atoms with E-state index in [-0.39, 0.29) is 11.7 Å². The molecule has 1 N–H and O–H groups in total. The second kappa shape index (κ2) is 5.43. The maximum absolute atomic E-state index is 11.7. The minimum absolute atomic E-state index is 0.251. The van der Waals surface area contributed by atoms with E-state index in [1.807, 2.05) is 11.4 Å². The number of carbonyl (C=O) groups excluding carboxylic acids is 1. The highest BCUT2D eigenvalue weighted by molar-refractivity contribution is 7.12. The molecular weight excluding hydrogens is 320 g/mol. The molecule has 0 radical (unpaired) electrons. The van der Waals surface area contributed by atoms with Crippen molar-refractivity contribution in [2.45, 2.75) is 0 Å². The molecule has 1 aliphatic heterocycles. The number of urea groups is 1. The second-order valence-electron chi connectivity index (χ2n) is 4.98. The van der Waals surface area contributed by atoms with Crippen LogP contribution in [0.1, 0.15) is 4.88 Å². The van der Waals surface area contributed by atoms with Gasteiger partial charge in [-0.05, 0) is 6.07 Å². The van der Waals surface area contributed by atoms with Gasteiger partial charge in [0.2, 0.25) is 5.82 Å². The first-order chi connectivity index (χ1) is 10.9. The highest BCUT2D eigenvalue weighted by atomic mass is 32.1. The minimum Gasteiger partial charge on any atom is -0.275 e. The van der Waals surface area contributed by atoms with Gasteiger partial charge in [-0.25, -0.2) is 14.8 Å². The average molecular weight is 335 g/mol. The van der Waals surface area contributed by atoms with Gasteiger partial charge >= 0.3 is 11.7 Å². The third kappa shape index (κ3) is 2.65. The Morgan fingerprint density at radius 2 is 2.00 bits per heavy atom. The second-order valence-corrected chi connectivity index (χ2v) is 5.89. The number of carbonyl (C=O) groups is 1. The fourth-order valence-corrected chi connectivity index (χ4v) is 2.86. The summed E-state index contributed by atoms with van der Waals surface area (Å²) in [5.74, 6) is 0.992. The van der Waals surface area contributed by atoms with Gasteiger partial charge in [0, 0.05) is 25.0 Å². The maximum atomic E-state index is 11.7. The standard InChI is InChI=1S/C12H15N8O2S/c1-17-11(21)18(2)14-9(13-17)7-5-8(23-6-7)10-15-19(3)12(22)20(4)16-10/h5-6H,1-4H3,(H,15,16)/q+1. The zero-order valence-corrected chi connectivity index (χ0v) is 13.8. The quantitative estimate of drug-likeness (QED) is 0.702. The van der Waals surface area contributed by atoms with Crippen molar-refractivity contribution in [2.75, 3.05) is 14.1 Å². The van der Waals surface area contributed by atoms with Gasteiger partial charge in [-0.2, -0.15) is 4.79 Å². The Labute approximate surface area is 135 Å². The fourth-order valence-electron chi connectivity index (χ4n) is 2.04. The molecule has 120 valence electrons. The van der Waals surface area contributed by atoms with Crippen LogP contribution in [0.15, 0.2) is 21.3 Å². The molecule has 0 unspecified atom stereocenters. The highest BCUT2D eigenvalue weighted by Crippen LogP contribution is 2.23. The molecule has 0 atom stereocenters. The number of amidine groups is 1. The Morgan fingerprint density at radius 3 is 2.65 bits per heavy atom. The molecule has 3 heterocycles. The van der Waals surface area contributed by atoms with Crippen molar-refractivity contribution in [1.29, 1.82) is 0 Å². The van der Waals surface area contributed by atoms with Crippen LogP contribution in [0.2, 0.25) is 0 Å². The van der Waals surface area contributed by atoms with Crippen LogP contribution < -0.4 is 15.8 Å². The Morgan fingerprint density at radius 1 is 1.26 bits per heavy atom. The van der Waals surface area contributed by atoms with Crippen LogP contribution in [0.5, 0.6) is 0 Å². The van der Waals surface area contributed by atoms with Gasteiger partial charge in [0.15, 0.2) is 5.84 Å². The van der Waals surface area contributed by atoms with Gasteiger partial charge in [-0.15, -0.1) is 16.4 Å². The fraction of sp³-hybridized carbons (Fsp3) is 0.333. The first kappa shape index (κ1) is 15.1. The first-order valence-corrected chi connectivity index (χ1v) is 7.52. The number of amides is 2. The summed E-state index contributed by atoms with van der Waals surface area (Å²) in [6.07, 6.45) is 0. The third-order valence-corrected chi connectivity index (χ3v) is 4.16. The smallest absolute Gasteiger partial charge is 0.275 e. The number of hydrazine groups is 1. The van der Waals surface area contributed by atoms with Crippen molar-refractivity contribution in [3.05, 3.63) is 26.8 Å².